The highest BCUT2D eigenvalue weighted by molar-refractivity contribution is 9.09. The summed E-state index contributed by atoms with van der Waals surface area (Å²) in [7, 11) is 0. The van der Waals surface area contributed by atoms with Crippen LogP contribution < -0.4 is 4.90 Å². The summed E-state index contributed by atoms with van der Waals surface area (Å²) in [6.07, 6.45) is 7.44. The van der Waals surface area contributed by atoms with E-state index in [1.807, 2.05) is 19.1 Å². The number of amides is 2. The Hall–Kier alpha value is -1.81. The summed E-state index contributed by atoms with van der Waals surface area (Å²) in [6, 6.07) is 4.72. The lowest BCUT2D eigenvalue weighted by Gasteiger charge is -2.38. The maximum Gasteiger partial charge on any atom is 0.310 e. The molecule has 10 heteroatoms. The molecule has 4 rings (SSSR count). The van der Waals surface area contributed by atoms with E-state index >= 15 is 0 Å². The van der Waals surface area contributed by atoms with Gasteiger partial charge in [-0.15, -0.1) is 24.9 Å². The number of hydrogen-bond acceptors (Lipinski definition) is 6. The van der Waals surface area contributed by atoms with Crippen LogP contribution in [-0.4, -0.2) is 75.0 Å². The van der Waals surface area contributed by atoms with Crippen molar-refractivity contribution in [3.05, 3.63) is 54.1 Å². The molecule has 2 amide bonds. The number of unbranched alkanes of at least 4 members (excludes halogenated alkanes) is 3. The molecule has 0 saturated carbocycles. The summed E-state index contributed by atoms with van der Waals surface area (Å²) in [4.78, 5) is 45.6. The number of aliphatic hydroxyl groups excluding tert-OH is 1. The summed E-state index contributed by atoms with van der Waals surface area (Å²) in [5.74, 6) is -2.04. The summed E-state index contributed by atoms with van der Waals surface area (Å²) < 4.78 is 4.89. The molecule has 3 aliphatic rings. The minimum absolute atomic E-state index is 0.0354. The number of alkyl halides is 1. The second-order valence-electron chi connectivity index (χ2n) is 10.7. The Morgan fingerprint density at radius 2 is 2.05 bits per heavy atom. The van der Waals surface area contributed by atoms with Crippen LogP contribution >= 0.6 is 39.3 Å². The Labute approximate surface area is 254 Å². The molecular formula is C30H38BrClN2O5S. The number of likely N-dealkylation sites (tertiary alicyclic amines) is 1. The number of fused-ring (bicyclic) bond motifs is 1. The molecule has 7 nitrogen and oxygen atoms in total. The maximum atomic E-state index is 14.7. The molecule has 6 atom stereocenters. The van der Waals surface area contributed by atoms with Gasteiger partial charge >= 0.3 is 5.97 Å². The summed E-state index contributed by atoms with van der Waals surface area (Å²) >= 11 is 12.0. The lowest BCUT2D eigenvalue weighted by Crippen LogP contribution is -2.55. The van der Waals surface area contributed by atoms with Crippen LogP contribution in [0, 0.1) is 18.8 Å². The number of halogens is 2. The molecule has 3 aliphatic heterocycles. The fourth-order valence-corrected chi connectivity index (χ4v) is 10.4. The zero-order chi connectivity index (χ0) is 29.0. The van der Waals surface area contributed by atoms with E-state index in [9.17, 15) is 19.5 Å². The van der Waals surface area contributed by atoms with E-state index in [-0.39, 0.29) is 47.6 Å². The predicted octanol–water partition coefficient (Wildman–Crippen LogP) is 5.30. The van der Waals surface area contributed by atoms with E-state index in [1.54, 1.807) is 39.8 Å². The highest BCUT2D eigenvalue weighted by Crippen LogP contribution is 2.68. The molecule has 0 aliphatic carbocycles. The maximum absolute atomic E-state index is 14.7. The van der Waals surface area contributed by atoms with Crippen molar-refractivity contribution < 1.29 is 24.2 Å². The molecule has 1 aromatic carbocycles. The van der Waals surface area contributed by atoms with Crippen LogP contribution in [0.15, 0.2) is 43.5 Å². The molecule has 40 heavy (non-hydrogen) atoms. The number of ether oxygens (including phenoxy) is 1. The third-order valence-corrected chi connectivity index (χ3v) is 11.7. The first-order valence-electron chi connectivity index (χ1n) is 13.9. The van der Waals surface area contributed by atoms with Gasteiger partial charge in [-0.2, -0.15) is 0 Å². The zero-order valence-electron chi connectivity index (χ0n) is 22.9. The fraction of sp³-hybridized carbons (Fsp3) is 0.567. The standard InChI is InChI=1S/C30H38BrClN2O5S/c1-4-6-10-17-39-29(38)22-23-27(36)34(15-8-7-9-16-35)26(30(23)18-20(31)25(22)40-30)28(37)33(14-5-2)24-19(3)12-11-13-21(24)32/h4-5,11-13,20,22-23,25-26,35H,1-2,6-10,14-18H2,3H3/t20?,22-,23-,25-,26?,30?/m0/s1. The number of esters is 1. The number of para-hydroxylation sites is 1. The average Bonchev–Trinajstić information content (AvgIpc) is 3.51. The topological polar surface area (TPSA) is 87.1 Å². The summed E-state index contributed by atoms with van der Waals surface area (Å²) in [6.45, 7) is 10.4. The minimum Gasteiger partial charge on any atom is -0.465 e. The number of carbonyl (C=O) groups excluding carboxylic acids is 3. The highest BCUT2D eigenvalue weighted by atomic mass is 79.9. The summed E-state index contributed by atoms with van der Waals surface area (Å²) in [5, 5.41) is 9.56. The van der Waals surface area contributed by atoms with Gasteiger partial charge in [-0.05, 0) is 57.1 Å². The largest absolute Gasteiger partial charge is 0.465 e. The van der Waals surface area contributed by atoms with Crippen molar-refractivity contribution in [1.82, 2.24) is 4.90 Å². The van der Waals surface area contributed by atoms with E-state index in [0.717, 1.165) is 18.4 Å². The van der Waals surface area contributed by atoms with Gasteiger partial charge in [0, 0.05) is 29.8 Å². The third kappa shape index (κ3) is 5.63. The molecule has 0 radical (unpaired) electrons. The molecule has 3 fully saturated rings. The number of nitrogens with zero attached hydrogens (tertiary/aromatic N) is 2. The molecule has 2 bridgehead atoms. The van der Waals surface area contributed by atoms with Crippen LogP contribution in [0.1, 0.15) is 44.1 Å². The molecule has 0 aromatic heterocycles. The number of aryl methyl sites for hydroxylation is 1. The minimum atomic E-state index is -0.775. The highest BCUT2D eigenvalue weighted by Gasteiger charge is 2.76. The number of anilines is 1. The first-order chi connectivity index (χ1) is 19.2. The Bertz CT molecular complexity index is 1130. The predicted molar refractivity (Wildman–Crippen MR) is 164 cm³/mol. The number of benzene rings is 1. The molecular weight excluding hydrogens is 616 g/mol. The van der Waals surface area contributed by atoms with Gasteiger partial charge in [-0.25, -0.2) is 0 Å². The second kappa shape index (κ2) is 13.4. The molecule has 1 aromatic rings. The first-order valence-corrected chi connectivity index (χ1v) is 16.1. The summed E-state index contributed by atoms with van der Waals surface area (Å²) in [5.41, 5.74) is 1.45. The number of hydrogen-bond donors (Lipinski definition) is 1. The van der Waals surface area contributed by atoms with Crippen LogP contribution in [0.25, 0.3) is 0 Å². The fourth-order valence-electron chi connectivity index (χ4n) is 6.52. The number of aliphatic hydroxyl groups is 1. The van der Waals surface area contributed by atoms with Gasteiger partial charge in [-0.3, -0.25) is 14.4 Å². The van der Waals surface area contributed by atoms with Crippen LogP contribution in [-0.2, 0) is 19.1 Å². The van der Waals surface area contributed by atoms with Gasteiger partial charge in [-0.1, -0.05) is 51.8 Å². The average molecular weight is 654 g/mol. The second-order valence-corrected chi connectivity index (χ2v) is 13.8. The molecule has 3 heterocycles. The van der Waals surface area contributed by atoms with E-state index in [4.69, 9.17) is 16.3 Å². The molecule has 1 N–H and O–H groups in total. The van der Waals surface area contributed by atoms with Crippen LogP contribution in [0.4, 0.5) is 5.69 Å². The smallest absolute Gasteiger partial charge is 0.310 e. The molecule has 1 spiro atoms. The van der Waals surface area contributed by atoms with Crippen molar-refractivity contribution in [2.75, 3.05) is 31.2 Å². The van der Waals surface area contributed by atoms with Gasteiger partial charge in [0.1, 0.15) is 6.04 Å². The Morgan fingerprint density at radius 1 is 1.27 bits per heavy atom. The van der Waals surface area contributed by atoms with Crippen LogP contribution in [0.5, 0.6) is 0 Å². The van der Waals surface area contributed by atoms with E-state index in [0.29, 0.717) is 42.9 Å². The lowest BCUT2D eigenvalue weighted by molar-refractivity contribution is -0.154. The number of allylic oxidation sites excluding steroid dienone is 1. The van der Waals surface area contributed by atoms with Gasteiger partial charge < -0.3 is 19.6 Å². The van der Waals surface area contributed by atoms with Crippen molar-refractivity contribution in [1.29, 1.82) is 0 Å². The number of carbonyl (C=O) groups is 3. The van der Waals surface area contributed by atoms with Crippen molar-refractivity contribution in [2.45, 2.75) is 66.3 Å². The van der Waals surface area contributed by atoms with E-state index in [1.165, 1.54) is 0 Å². The van der Waals surface area contributed by atoms with Crippen LogP contribution in [0.3, 0.4) is 0 Å². The monoisotopic (exact) mass is 652 g/mol. The van der Waals surface area contributed by atoms with Crippen molar-refractivity contribution in [3.63, 3.8) is 0 Å². The Balaban J connectivity index is 1.73. The van der Waals surface area contributed by atoms with Gasteiger partial charge in [0.2, 0.25) is 5.91 Å². The van der Waals surface area contributed by atoms with Gasteiger partial charge in [0.25, 0.3) is 5.91 Å². The van der Waals surface area contributed by atoms with Crippen molar-refractivity contribution >= 4 is 62.8 Å². The van der Waals surface area contributed by atoms with E-state index < -0.39 is 22.6 Å². The lowest BCUT2D eigenvalue weighted by atomic mass is 9.71. The number of rotatable bonds is 14. The van der Waals surface area contributed by atoms with Gasteiger partial charge in [0.15, 0.2) is 0 Å². The van der Waals surface area contributed by atoms with Crippen molar-refractivity contribution in [2.24, 2.45) is 11.8 Å². The normalized spacial score (nSPS) is 28.4. The Morgan fingerprint density at radius 3 is 2.73 bits per heavy atom. The van der Waals surface area contributed by atoms with Crippen LogP contribution in [0.2, 0.25) is 5.02 Å². The third-order valence-electron chi connectivity index (χ3n) is 8.19. The quantitative estimate of drug-likeness (QED) is 0.127. The molecule has 218 valence electrons. The molecule has 3 unspecified atom stereocenters. The van der Waals surface area contributed by atoms with E-state index in [2.05, 4.69) is 29.1 Å². The van der Waals surface area contributed by atoms with Gasteiger partial charge in [0.05, 0.1) is 33.9 Å². The first kappa shape index (κ1) is 31.1. The van der Waals surface area contributed by atoms with Crippen molar-refractivity contribution in [3.8, 4) is 0 Å². The SMILES string of the molecule is C=CCCCOC(=O)[C@H]1[C@H]2C(=O)N(CCCCCO)C(C(=O)N(CC=C)c3c(C)cccc3Cl)C23CC(Br)[C@@H]1S3. The number of thioether (sulfide) groups is 1. The zero-order valence-corrected chi connectivity index (χ0v) is 26.1. The Kier molecular flexibility index (Phi) is 10.5. The molecule has 3 saturated heterocycles.